The first-order chi connectivity index (χ1) is 17.7. The number of anilines is 3. The smallest absolute Gasteiger partial charge is 0.187 e. The standard InChI is InChI=1S/C25H27N5O5S/c1-31-20-10-15-19(11-17(20)26-23-12-16(27-28-23)13-4-5-13)35-29-25(15)30-36-24-21(32-2)8-14(9-22(24)33-3)18-6-7-34-18/h8-13,18H,4-7H2,1-3H3,(H,29,30)(H2,26,27,28). The fourth-order valence-corrected chi connectivity index (χ4v) is 5.06. The SMILES string of the molecule is COc1cc2c(NSc3c(OC)cc(C4CCO4)cc3OC)noc2cc1Nc1cc(C2CC2)[nH]n1. The lowest BCUT2D eigenvalue weighted by Gasteiger charge is -2.28. The Morgan fingerprint density at radius 3 is 2.36 bits per heavy atom. The number of H-pyrrole nitrogens is 1. The van der Waals surface area contributed by atoms with Gasteiger partial charge in [0, 0.05) is 30.2 Å². The van der Waals surface area contributed by atoms with Gasteiger partial charge in [-0.1, -0.05) is 5.16 Å². The zero-order valence-electron chi connectivity index (χ0n) is 20.2. The number of nitrogens with zero attached hydrogens (tertiary/aromatic N) is 2. The number of aromatic amines is 1. The Hall–Kier alpha value is -3.57. The van der Waals surface area contributed by atoms with E-state index in [0.29, 0.717) is 34.6 Å². The van der Waals surface area contributed by atoms with Crippen molar-refractivity contribution in [1.82, 2.24) is 15.4 Å². The number of methoxy groups -OCH3 is 3. The Balaban J connectivity index is 1.24. The van der Waals surface area contributed by atoms with Gasteiger partial charge < -0.3 is 33.5 Å². The maximum absolute atomic E-state index is 5.66. The van der Waals surface area contributed by atoms with Gasteiger partial charge in [-0.2, -0.15) is 5.10 Å². The van der Waals surface area contributed by atoms with Crippen molar-refractivity contribution in [2.75, 3.05) is 38.0 Å². The molecule has 4 aromatic rings. The van der Waals surface area contributed by atoms with Crippen LogP contribution < -0.4 is 24.2 Å². The van der Waals surface area contributed by atoms with Crippen LogP contribution in [0.2, 0.25) is 0 Å². The van der Waals surface area contributed by atoms with Crippen molar-refractivity contribution in [1.29, 1.82) is 0 Å². The Labute approximate surface area is 212 Å². The number of ether oxygens (including phenoxy) is 4. The van der Waals surface area contributed by atoms with Crippen LogP contribution in [0.25, 0.3) is 11.0 Å². The van der Waals surface area contributed by atoms with Crippen molar-refractivity contribution in [2.24, 2.45) is 0 Å². The third-order valence-corrected chi connectivity index (χ3v) is 7.38. The highest BCUT2D eigenvalue weighted by Gasteiger charge is 2.26. The second-order valence-corrected chi connectivity index (χ2v) is 9.61. The number of aromatic nitrogens is 3. The van der Waals surface area contributed by atoms with Gasteiger partial charge in [0.05, 0.1) is 45.1 Å². The van der Waals surface area contributed by atoms with Gasteiger partial charge in [-0.25, -0.2) is 0 Å². The molecule has 1 unspecified atom stereocenters. The van der Waals surface area contributed by atoms with Crippen molar-refractivity contribution in [3.05, 3.63) is 41.6 Å². The lowest BCUT2D eigenvalue weighted by molar-refractivity contribution is -0.0529. The molecule has 10 nitrogen and oxygen atoms in total. The summed E-state index contributed by atoms with van der Waals surface area (Å²) in [4.78, 5) is 0.800. The molecule has 2 fully saturated rings. The first-order valence-corrected chi connectivity index (χ1v) is 12.6. The van der Waals surface area contributed by atoms with Crippen LogP contribution in [0.15, 0.2) is 39.8 Å². The predicted octanol–water partition coefficient (Wildman–Crippen LogP) is 5.78. The van der Waals surface area contributed by atoms with Crippen LogP contribution in [0.4, 0.5) is 17.3 Å². The normalized spacial score (nSPS) is 17.0. The Morgan fingerprint density at radius 1 is 0.972 bits per heavy atom. The Morgan fingerprint density at radius 2 is 1.72 bits per heavy atom. The van der Waals surface area contributed by atoms with Gasteiger partial charge in [-0.3, -0.25) is 5.10 Å². The lowest BCUT2D eigenvalue weighted by Crippen LogP contribution is -2.18. The zero-order valence-corrected chi connectivity index (χ0v) is 21.0. The van der Waals surface area contributed by atoms with E-state index in [4.69, 9.17) is 23.5 Å². The summed E-state index contributed by atoms with van der Waals surface area (Å²) in [6.45, 7) is 0.774. The number of benzene rings is 2. The fourth-order valence-electron chi connectivity index (χ4n) is 4.23. The number of nitrogens with one attached hydrogen (secondary N) is 3. The summed E-state index contributed by atoms with van der Waals surface area (Å²) in [7, 11) is 4.91. The van der Waals surface area contributed by atoms with Crippen LogP contribution >= 0.6 is 11.9 Å². The van der Waals surface area contributed by atoms with Gasteiger partial charge >= 0.3 is 0 Å². The van der Waals surface area contributed by atoms with E-state index in [9.17, 15) is 0 Å². The molecule has 1 aliphatic heterocycles. The van der Waals surface area contributed by atoms with Gasteiger partial charge in [0.1, 0.15) is 22.1 Å². The number of hydrogen-bond donors (Lipinski definition) is 3. The molecule has 1 saturated carbocycles. The summed E-state index contributed by atoms with van der Waals surface area (Å²) in [6, 6.07) is 9.76. The van der Waals surface area contributed by atoms with Crippen molar-refractivity contribution < 1.29 is 23.5 Å². The van der Waals surface area contributed by atoms with Gasteiger partial charge in [0.25, 0.3) is 0 Å². The van der Waals surface area contributed by atoms with Crippen molar-refractivity contribution in [2.45, 2.75) is 36.2 Å². The van der Waals surface area contributed by atoms with Crippen molar-refractivity contribution >= 4 is 40.2 Å². The van der Waals surface area contributed by atoms with E-state index in [2.05, 4.69) is 25.4 Å². The molecule has 6 rings (SSSR count). The molecular formula is C25H27N5O5S. The molecule has 1 saturated heterocycles. The highest BCUT2D eigenvalue weighted by Crippen LogP contribution is 2.44. The number of fused-ring (bicyclic) bond motifs is 1. The minimum atomic E-state index is 0.0799. The topological polar surface area (TPSA) is 116 Å². The highest BCUT2D eigenvalue weighted by molar-refractivity contribution is 8.00. The molecule has 3 heterocycles. The van der Waals surface area contributed by atoms with Crippen LogP contribution in [0.1, 0.15) is 42.5 Å². The molecule has 188 valence electrons. The van der Waals surface area contributed by atoms with E-state index in [1.165, 1.54) is 24.8 Å². The Bertz CT molecular complexity index is 1370. The van der Waals surface area contributed by atoms with Crippen LogP contribution in [0, 0.1) is 0 Å². The second-order valence-electron chi connectivity index (χ2n) is 8.79. The third-order valence-electron chi connectivity index (χ3n) is 6.47. The lowest BCUT2D eigenvalue weighted by atomic mass is 10.0. The molecule has 2 aliphatic rings. The first-order valence-electron chi connectivity index (χ1n) is 11.8. The van der Waals surface area contributed by atoms with E-state index >= 15 is 0 Å². The molecule has 36 heavy (non-hydrogen) atoms. The van der Waals surface area contributed by atoms with E-state index in [0.717, 1.165) is 46.1 Å². The average molecular weight is 510 g/mol. The molecule has 1 atom stereocenters. The van der Waals surface area contributed by atoms with E-state index in [-0.39, 0.29) is 6.10 Å². The molecule has 0 amide bonds. The quantitative estimate of drug-likeness (QED) is 0.227. The molecule has 1 aliphatic carbocycles. The summed E-state index contributed by atoms with van der Waals surface area (Å²) >= 11 is 1.34. The summed E-state index contributed by atoms with van der Waals surface area (Å²) in [6.07, 6.45) is 3.48. The third kappa shape index (κ3) is 4.28. The monoisotopic (exact) mass is 509 g/mol. The summed E-state index contributed by atoms with van der Waals surface area (Å²) < 4.78 is 31.5. The van der Waals surface area contributed by atoms with E-state index < -0.39 is 0 Å². The summed E-state index contributed by atoms with van der Waals surface area (Å²) in [5.74, 6) is 3.93. The minimum Gasteiger partial charge on any atom is -0.495 e. The molecule has 11 heteroatoms. The first kappa shape index (κ1) is 22.9. The van der Waals surface area contributed by atoms with Gasteiger partial charge in [0.2, 0.25) is 0 Å². The Kier molecular flexibility index (Phi) is 6.02. The zero-order chi connectivity index (χ0) is 24.6. The average Bonchev–Trinajstić information content (AvgIpc) is 3.49. The summed E-state index contributed by atoms with van der Waals surface area (Å²) in [5.41, 5.74) is 3.54. The van der Waals surface area contributed by atoms with Crippen LogP contribution in [0.5, 0.6) is 17.2 Å². The van der Waals surface area contributed by atoms with E-state index in [1.807, 2.05) is 30.3 Å². The van der Waals surface area contributed by atoms with Gasteiger partial charge in [-0.05, 0) is 48.6 Å². The van der Waals surface area contributed by atoms with E-state index in [1.54, 1.807) is 21.3 Å². The molecule has 0 radical (unpaired) electrons. The maximum atomic E-state index is 5.66. The second kappa shape index (κ2) is 9.47. The highest BCUT2D eigenvalue weighted by atomic mass is 32.2. The summed E-state index contributed by atoms with van der Waals surface area (Å²) in [5, 5.41) is 15.8. The molecule has 0 spiro atoms. The molecule has 2 aromatic heterocycles. The molecular weight excluding hydrogens is 482 g/mol. The maximum Gasteiger partial charge on any atom is 0.187 e. The van der Waals surface area contributed by atoms with Crippen molar-refractivity contribution in [3.8, 4) is 17.2 Å². The molecule has 0 bridgehead atoms. The van der Waals surface area contributed by atoms with Crippen LogP contribution in [0.3, 0.4) is 0 Å². The van der Waals surface area contributed by atoms with Gasteiger partial charge in [0.15, 0.2) is 17.2 Å². The number of hydrogen-bond acceptors (Lipinski definition) is 10. The predicted molar refractivity (Wildman–Crippen MR) is 137 cm³/mol. The van der Waals surface area contributed by atoms with Gasteiger partial charge in [-0.15, -0.1) is 0 Å². The largest absolute Gasteiger partial charge is 0.495 e. The molecule has 2 aromatic carbocycles. The fraction of sp³-hybridized carbons (Fsp3) is 0.360. The number of rotatable bonds is 10. The minimum absolute atomic E-state index is 0.0799. The van der Waals surface area contributed by atoms with Crippen molar-refractivity contribution in [3.63, 3.8) is 0 Å². The van der Waals surface area contributed by atoms with Crippen LogP contribution in [-0.4, -0.2) is 43.3 Å². The molecule has 3 N–H and O–H groups in total. The van der Waals surface area contributed by atoms with Crippen LogP contribution in [-0.2, 0) is 4.74 Å².